The van der Waals surface area contributed by atoms with Crippen molar-refractivity contribution >= 4 is 54.1 Å². The number of hydrogen-bond donors (Lipinski definition) is 0. The zero-order valence-corrected chi connectivity index (χ0v) is 29.8. The quantitative estimate of drug-likeness (QED) is 0.179. The average Bonchev–Trinajstić information content (AvgIpc) is 3.62. The Bertz CT molecular complexity index is 3270. The number of benzene rings is 9. The highest BCUT2D eigenvalue weighted by atomic mass is 15.0. The fourth-order valence-corrected chi connectivity index (χ4v) is 8.22. The highest BCUT2D eigenvalue weighted by Gasteiger charge is 2.20. The number of hydrogen-bond acceptors (Lipinski definition) is 3. The van der Waals surface area contributed by atoms with Gasteiger partial charge in [0.1, 0.15) is 0 Å². The molecule has 0 unspecified atom stereocenters. The van der Waals surface area contributed by atoms with Crippen molar-refractivity contribution in [1.82, 2.24) is 19.5 Å². The van der Waals surface area contributed by atoms with Crippen LogP contribution in [0.15, 0.2) is 194 Å². The molecule has 0 radical (unpaired) electrons. The van der Waals surface area contributed by atoms with E-state index in [4.69, 9.17) is 15.0 Å². The third-order valence-corrected chi connectivity index (χ3v) is 10.8. The van der Waals surface area contributed by atoms with Crippen molar-refractivity contribution in [2.45, 2.75) is 0 Å². The lowest BCUT2D eigenvalue weighted by Gasteiger charge is -2.16. The van der Waals surface area contributed by atoms with Gasteiger partial charge in [0, 0.05) is 38.4 Å². The van der Waals surface area contributed by atoms with E-state index in [0.717, 1.165) is 38.9 Å². The van der Waals surface area contributed by atoms with Gasteiger partial charge >= 0.3 is 0 Å². The Labute approximate surface area is 317 Å². The molecule has 0 N–H and O–H groups in total. The minimum absolute atomic E-state index is 0.630. The summed E-state index contributed by atoms with van der Waals surface area (Å²) in [7, 11) is 0. The summed E-state index contributed by atoms with van der Waals surface area (Å²) >= 11 is 0. The van der Waals surface area contributed by atoms with Gasteiger partial charge < -0.3 is 4.57 Å². The highest BCUT2D eigenvalue weighted by molar-refractivity contribution is 6.26. The van der Waals surface area contributed by atoms with Gasteiger partial charge in [-0.15, -0.1) is 0 Å². The molecule has 0 saturated heterocycles. The van der Waals surface area contributed by atoms with Crippen molar-refractivity contribution in [2.24, 2.45) is 0 Å². The summed E-state index contributed by atoms with van der Waals surface area (Å²) in [4.78, 5) is 15.2. The normalized spacial score (nSPS) is 11.6. The molecular weight excluding hydrogens is 669 g/mol. The SMILES string of the molecule is c1ccc(-c2nc(-c3cccc(-c4ccccc4-n4c5ccc6ccccc6c5c5ccc6ccccc6c54)c3)nc(-c3ccc4ccccc4c3)n2)cc1. The molecule has 11 aromatic rings. The maximum atomic E-state index is 5.13. The number of para-hydroxylation sites is 1. The Morgan fingerprint density at radius 3 is 1.71 bits per heavy atom. The standard InChI is InChI=1S/C51H32N4/c1-2-16-36(17-3-1)49-52-50(54-51(53-49)40-26-25-33-13-4-5-18-37(33)31-40)39-20-12-19-38(32-39)41-21-10-11-24-45(41)55-46-30-28-34-14-6-8-22-42(34)47(46)44-29-27-35-15-7-9-23-43(35)48(44)55/h1-32H. The first-order chi connectivity index (χ1) is 27.3. The molecule has 2 heterocycles. The largest absolute Gasteiger partial charge is 0.308 e. The molecule has 0 spiro atoms. The molecule has 0 aliphatic carbocycles. The molecule has 0 amide bonds. The smallest absolute Gasteiger partial charge is 0.164 e. The van der Waals surface area contributed by atoms with Crippen LogP contribution in [0.1, 0.15) is 0 Å². The zero-order chi connectivity index (χ0) is 36.3. The van der Waals surface area contributed by atoms with Crippen LogP contribution in [-0.4, -0.2) is 19.5 Å². The van der Waals surface area contributed by atoms with Crippen molar-refractivity contribution in [3.8, 4) is 51.0 Å². The predicted molar refractivity (Wildman–Crippen MR) is 228 cm³/mol. The third-order valence-electron chi connectivity index (χ3n) is 10.8. The van der Waals surface area contributed by atoms with E-state index in [-0.39, 0.29) is 0 Å². The molecule has 256 valence electrons. The van der Waals surface area contributed by atoms with Crippen LogP contribution in [0.2, 0.25) is 0 Å². The van der Waals surface area contributed by atoms with Crippen LogP contribution in [0.3, 0.4) is 0 Å². The van der Waals surface area contributed by atoms with Gasteiger partial charge in [0.2, 0.25) is 0 Å². The van der Waals surface area contributed by atoms with Gasteiger partial charge in [-0.1, -0.05) is 170 Å². The van der Waals surface area contributed by atoms with E-state index >= 15 is 0 Å². The summed E-state index contributed by atoms with van der Waals surface area (Å²) in [5, 5.41) is 9.77. The Morgan fingerprint density at radius 1 is 0.327 bits per heavy atom. The van der Waals surface area contributed by atoms with Gasteiger partial charge in [0.15, 0.2) is 17.5 Å². The maximum absolute atomic E-state index is 5.13. The average molecular weight is 701 g/mol. The summed E-state index contributed by atoms with van der Waals surface area (Å²) in [5.74, 6) is 1.92. The molecule has 9 aromatic carbocycles. The molecule has 0 atom stereocenters. The fourth-order valence-electron chi connectivity index (χ4n) is 8.22. The van der Waals surface area contributed by atoms with E-state index < -0.39 is 0 Å². The predicted octanol–water partition coefficient (Wildman–Crippen LogP) is 13.1. The highest BCUT2D eigenvalue weighted by Crippen LogP contribution is 2.42. The molecule has 0 aliphatic heterocycles. The van der Waals surface area contributed by atoms with Crippen molar-refractivity contribution in [3.05, 3.63) is 194 Å². The van der Waals surface area contributed by atoms with Gasteiger partial charge in [-0.3, -0.25) is 0 Å². The first-order valence-corrected chi connectivity index (χ1v) is 18.6. The summed E-state index contributed by atoms with van der Waals surface area (Å²) in [6, 6.07) is 68.8. The van der Waals surface area contributed by atoms with Crippen molar-refractivity contribution in [1.29, 1.82) is 0 Å². The van der Waals surface area contributed by atoms with Crippen LogP contribution in [0.5, 0.6) is 0 Å². The lowest BCUT2D eigenvalue weighted by molar-refractivity contribution is 1.07. The molecule has 55 heavy (non-hydrogen) atoms. The number of aromatic nitrogens is 4. The van der Waals surface area contributed by atoms with E-state index in [1.165, 1.54) is 48.7 Å². The Morgan fingerprint density at radius 2 is 0.891 bits per heavy atom. The van der Waals surface area contributed by atoms with Crippen molar-refractivity contribution < 1.29 is 0 Å². The van der Waals surface area contributed by atoms with E-state index in [1.54, 1.807) is 0 Å². The summed E-state index contributed by atoms with van der Waals surface area (Å²) in [5.41, 5.74) is 8.52. The van der Waals surface area contributed by atoms with Crippen LogP contribution < -0.4 is 0 Å². The molecule has 4 heteroatoms. The number of fused-ring (bicyclic) bond motifs is 8. The number of nitrogens with zero attached hydrogens (tertiary/aromatic N) is 4. The van der Waals surface area contributed by atoms with Crippen LogP contribution in [0.25, 0.3) is 105 Å². The van der Waals surface area contributed by atoms with Gasteiger partial charge in [0.25, 0.3) is 0 Å². The monoisotopic (exact) mass is 700 g/mol. The maximum Gasteiger partial charge on any atom is 0.164 e. The van der Waals surface area contributed by atoms with Crippen LogP contribution in [-0.2, 0) is 0 Å². The summed E-state index contributed by atoms with van der Waals surface area (Å²) < 4.78 is 2.47. The van der Waals surface area contributed by atoms with Gasteiger partial charge in [0.05, 0.1) is 16.7 Å². The second-order valence-electron chi connectivity index (χ2n) is 14.0. The Balaban J connectivity index is 1.12. The van der Waals surface area contributed by atoms with Gasteiger partial charge in [-0.25, -0.2) is 15.0 Å². The first-order valence-electron chi connectivity index (χ1n) is 18.6. The van der Waals surface area contributed by atoms with E-state index in [2.05, 4.69) is 180 Å². The van der Waals surface area contributed by atoms with Crippen molar-refractivity contribution in [2.75, 3.05) is 0 Å². The van der Waals surface area contributed by atoms with Gasteiger partial charge in [-0.2, -0.15) is 0 Å². The molecule has 4 nitrogen and oxygen atoms in total. The topological polar surface area (TPSA) is 43.6 Å². The molecule has 0 bridgehead atoms. The van der Waals surface area contributed by atoms with E-state index in [1.807, 2.05) is 18.2 Å². The zero-order valence-electron chi connectivity index (χ0n) is 29.8. The molecule has 0 saturated carbocycles. The van der Waals surface area contributed by atoms with Crippen LogP contribution in [0.4, 0.5) is 0 Å². The first kappa shape index (κ1) is 31.1. The summed E-state index contributed by atoms with van der Waals surface area (Å²) in [6.07, 6.45) is 0. The third kappa shape index (κ3) is 5.19. The minimum atomic E-state index is 0.630. The van der Waals surface area contributed by atoms with Gasteiger partial charge in [-0.05, 0) is 56.8 Å². The summed E-state index contributed by atoms with van der Waals surface area (Å²) in [6.45, 7) is 0. The molecular formula is C51H32N4. The lowest BCUT2D eigenvalue weighted by atomic mass is 10.00. The molecule has 2 aromatic heterocycles. The Hall–Kier alpha value is -7.43. The fraction of sp³-hybridized carbons (Fsp3) is 0. The molecule has 0 fully saturated rings. The van der Waals surface area contributed by atoms with Crippen molar-refractivity contribution in [3.63, 3.8) is 0 Å². The number of rotatable bonds is 5. The lowest BCUT2D eigenvalue weighted by Crippen LogP contribution is -2.01. The second-order valence-corrected chi connectivity index (χ2v) is 14.0. The minimum Gasteiger partial charge on any atom is -0.308 e. The Kier molecular flexibility index (Phi) is 7.14. The second kappa shape index (κ2) is 12.6. The van der Waals surface area contributed by atoms with E-state index in [0.29, 0.717) is 17.5 Å². The van der Waals surface area contributed by atoms with Crippen LogP contribution in [0, 0.1) is 0 Å². The van der Waals surface area contributed by atoms with E-state index in [9.17, 15) is 0 Å². The van der Waals surface area contributed by atoms with Crippen LogP contribution >= 0.6 is 0 Å². The molecule has 11 rings (SSSR count). The molecule has 0 aliphatic rings.